The van der Waals surface area contributed by atoms with Crippen molar-refractivity contribution in [2.45, 2.75) is 19.4 Å². The number of carbonyl (C=O) groups is 2. The zero-order valence-electron chi connectivity index (χ0n) is 13.2. The molecular formula is C17H21N3O3. The van der Waals surface area contributed by atoms with E-state index in [-0.39, 0.29) is 5.91 Å². The van der Waals surface area contributed by atoms with Gasteiger partial charge in [0, 0.05) is 37.1 Å². The number of rotatable bonds is 4. The van der Waals surface area contributed by atoms with E-state index in [4.69, 9.17) is 0 Å². The number of carbonyl (C=O) groups excluding carboxylic acids is 1. The Morgan fingerprint density at radius 2 is 1.91 bits per heavy atom. The molecule has 1 fully saturated rings. The molecule has 1 aliphatic heterocycles. The van der Waals surface area contributed by atoms with E-state index in [0.29, 0.717) is 38.3 Å². The van der Waals surface area contributed by atoms with Gasteiger partial charge in [0.25, 0.3) is 5.91 Å². The highest BCUT2D eigenvalue weighted by molar-refractivity contribution is 5.98. The van der Waals surface area contributed by atoms with Crippen LogP contribution in [-0.2, 0) is 4.79 Å². The van der Waals surface area contributed by atoms with E-state index in [2.05, 4.69) is 4.98 Å². The van der Waals surface area contributed by atoms with Gasteiger partial charge in [-0.1, -0.05) is 25.1 Å². The van der Waals surface area contributed by atoms with E-state index >= 15 is 0 Å². The molecule has 1 saturated heterocycles. The minimum Gasteiger partial charge on any atom is -0.480 e. The number of nitrogens with zero attached hydrogens (tertiary/aromatic N) is 2. The number of aromatic nitrogens is 1. The maximum Gasteiger partial charge on any atom is 0.320 e. The molecule has 122 valence electrons. The number of carboxylic acids is 1. The number of hydrogen-bond donors (Lipinski definition) is 2. The van der Waals surface area contributed by atoms with E-state index in [1.165, 1.54) is 0 Å². The van der Waals surface area contributed by atoms with E-state index in [1.54, 1.807) is 4.90 Å². The second-order valence-electron chi connectivity index (χ2n) is 5.86. The van der Waals surface area contributed by atoms with Gasteiger partial charge in [-0.15, -0.1) is 0 Å². The molecule has 0 saturated carbocycles. The molecule has 2 N–H and O–H groups in total. The lowest BCUT2D eigenvalue weighted by atomic mass is 10.1. The van der Waals surface area contributed by atoms with Crippen LogP contribution in [0, 0.1) is 0 Å². The van der Waals surface area contributed by atoms with E-state index in [1.807, 2.05) is 42.2 Å². The fourth-order valence-corrected chi connectivity index (χ4v) is 3.18. The number of H-pyrrole nitrogens is 1. The standard InChI is InChI=1S/C17H21N3O3/c1-2-15(17(22)23)19-7-9-20(10-8-19)16(21)14-11-12-5-3-4-6-13(12)18-14/h3-6,11,15,18H,2,7-10H2,1H3,(H,22,23). The number of amides is 1. The van der Waals surface area contributed by atoms with E-state index in [0.717, 1.165) is 10.9 Å². The van der Waals surface area contributed by atoms with Gasteiger partial charge >= 0.3 is 5.97 Å². The van der Waals surface area contributed by atoms with E-state index in [9.17, 15) is 14.7 Å². The van der Waals surface area contributed by atoms with Crippen molar-refractivity contribution < 1.29 is 14.7 Å². The largest absolute Gasteiger partial charge is 0.480 e. The molecule has 3 rings (SSSR count). The lowest BCUT2D eigenvalue weighted by Crippen LogP contribution is -2.53. The molecule has 23 heavy (non-hydrogen) atoms. The third kappa shape index (κ3) is 3.07. The lowest BCUT2D eigenvalue weighted by molar-refractivity contribution is -0.144. The summed E-state index contributed by atoms with van der Waals surface area (Å²) in [5.41, 5.74) is 1.54. The Morgan fingerprint density at radius 1 is 1.22 bits per heavy atom. The van der Waals surface area contributed by atoms with Crippen molar-refractivity contribution in [3.63, 3.8) is 0 Å². The smallest absolute Gasteiger partial charge is 0.320 e. The van der Waals surface area contributed by atoms with Crippen LogP contribution < -0.4 is 0 Å². The van der Waals surface area contributed by atoms with Crippen LogP contribution in [0.5, 0.6) is 0 Å². The third-order valence-electron chi connectivity index (χ3n) is 4.47. The fraction of sp³-hybridized carbons (Fsp3) is 0.412. The number of piperazine rings is 1. The van der Waals surface area contributed by atoms with Crippen molar-refractivity contribution in [1.29, 1.82) is 0 Å². The molecule has 1 unspecified atom stereocenters. The third-order valence-corrected chi connectivity index (χ3v) is 4.47. The van der Waals surface area contributed by atoms with Crippen LogP contribution in [0.4, 0.5) is 0 Å². The molecule has 1 aliphatic rings. The van der Waals surface area contributed by atoms with Crippen LogP contribution in [0.2, 0.25) is 0 Å². The van der Waals surface area contributed by atoms with Gasteiger partial charge in [-0.2, -0.15) is 0 Å². The topological polar surface area (TPSA) is 76.6 Å². The van der Waals surface area contributed by atoms with Crippen LogP contribution in [-0.4, -0.2) is 64.0 Å². The Hall–Kier alpha value is -2.34. The molecular weight excluding hydrogens is 294 g/mol. The molecule has 2 heterocycles. The van der Waals surface area contributed by atoms with Crippen LogP contribution in [0.15, 0.2) is 30.3 Å². The average molecular weight is 315 g/mol. The second-order valence-corrected chi connectivity index (χ2v) is 5.86. The summed E-state index contributed by atoms with van der Waals surface area (Å²) in [5, 5.41) is 10.3. The summed E-state index contributed by atoms with van der Waals surface area (Å²) in [6.45, 7) is 4.17. The molecule has 0 aliphatic carbocycles. The number of fused-ring (bicyclic) bond motifs is 1. The van der Waals surface area contributed by atoms with Gasteiger partial charge in [-0.25, -0.2) is 0 Å². The van der Waals surface area contributed by atoms with Gasteiger partial charge in [0.2, 0.25) is 0 Å². The van der Waals surface area contributed by atoms with Gasteiger partial charge in [0.05, 0.1) is 0 Å². The van der Waals surface area contributed by atoms with Gasteiger partial charge in [-0.05, 0) is 18.6 Å². The SMILES string of the molecule is CCC(C(=O)O)N1CCN(C(=O)c2cc3ccccc3[nH]2)CC1. The van der Waals surface area contributed by atoms with Crippen molar-refractivity contribution in [1.82, 2.24) is 14.8 Å². The normalized spacial score (nSPS) is 17.3. The van der Waals surface area contributed by atoms with Crippen LogP contribution in [0.25, 0.3) is 10.9 Å². The number of para-hydroxylation sites is 1. The summed E-state index contributed by atoms with van der Waals surface area (Å²) in [6.07, 6.45) is 0.575. The predicted molar refractivity (Wildman–Crippen MR) is 87.5 cm³/mol. The minimum atomic E-state index is -0.789. The Bertz CT molecular complexity index is 684. The summed E-state index contributed by atoms with van der Waals surface area (Å²) in [5.74, 6) is -0.813. The first-order valence-electron chi connectivity index (χ1n) is 7.94. The molecule has 0 bridgehead atoms. The van der Waals surface area contributed by atoms with E-state index < -0.39 is 12.0 Å². The Kier molecular flexibility index (Phi) is 4.34. The highest BCUT2D eigenvalue weighted by atomic mass is 16.4. The summed E-state index contributed by atoms with van der Waals surface area (Å²) >= 11 is 0. The summed E-state index contributed by atoms with van der Waals surface area (Å²) in [7, 11) is 0. The number of nitrogens with one attached hydrogen (secondary N) is 1. The van der Waals surface area contributed by atoms with Crippen molar-refractivity contribution in [2.75, 3.05) is 26.2 Å². The van der Waals surface area contributed by atoms with Crippen molar-refractivity contribution in [3.05, 3.63) is 36.0 Å². The molecule has 1 atom stereocenters. The zero-order valence-corrected chi connectivity index (χ0v) is 13.2. The van der Waals surface area contributed by atoms with Gasteiger partial charge in [0.1, 0.15) is 11.7 Å². The number of benzene rings is 1. The van der Waals surface area contributed by atoms with Gasteiger partial charge in [-0.3, -0.25) is 14.5 Å². The van der Waals surface area contributed by atoms with Crippen molar-refractivity contribution in [2.24, 2.45) is 0 Å². The maximum atomic E-state index is 12.6. The quantitative estimate of drug-likeness (QED) is 0.902. The number of aromatic amines is 1. The summed E-state index contributed by atoms with van der Waals surface area (Å²) in [6, 6.07) is 9.21. The Labute approximate surface area is 134 Å². The Morgan fingerprint density at radius 3 is 2.52 bits per heavy atom. The molecule has 1 amide bonds. The predicted octanol–water partition coefficient (Wildman–Crippen LogP) is 1.79. The first kappa shape index (κ1) is 15.6. The first-order valence-corrected chi connectivity index (χ1v) is 7.94. The average Bonchev–Trinajstić information content (AvgIpc) is 2.99. The molecule has 6 nitrogen and oxygen atoms in total. The summed E-state index contributed by atoms with van der Waals surface area (Å²) < 4.78 is 0. The number of carboxylic acid groups (broad SMARTS) is 1. The van der Waals surface area contributed by atoms with Crippen LogP contribution in [0.3, 0.4) is 0 Å². The van der Waals surface area contributed by atoms with Crippen LogP contribution in [0.1, 0.15) is 23.8 Å². The van der Waals surface area contributed by atoms with Crippen LogP contribution >= 0.6 is 0 Å². The molecule has 0 radical (unpaired) electrons. The van der Waals surface area contributed by atoms with Crippen molar-refractivity contribution in [3.8, 4) is 0 Å². The van der Waals surface area contributed by atoms with Gasteiger partial charge in [0.15, 0.2) is 0 Å². The summed E-state index contributed by atoms with van der Waals surface area (Å²) in [4.78, 5) is 30.7. The minimum absolute atomic E-state index is 0.0239. The molecule has 0 spiro atoms. The molecule has 1 aromatic heterocycles. The fourth-order valence-electron chi connectivity index (χ4n) is 3.18. The highest BCUT2D eigenvalue weighted by Crippen LogP contribution is 2.17. The number of aliphatic carboxylic acids is 1. The molecule has 2 aromatic rings. The Balaban J connectivity index is 1.67. The zero-order chi connectivity index (χ0) is 16.4. The maximum absolute atomic E-state index is 12.6. The van der Waals surface area contributed by atoms with Gasteiger partial charge < -0.3 is 15.0 Å². The number of hydrogen-bond acceptors (Lipinski definition) is 3. The highest BCUT2D eigenvalue weighted by Gasteiger charge is 2.29. The lowest BCUT2D eigenvalue weighted by Gasteiger charge is -2.37. The first-order chi connectivity index (χ1) is 11.1. The molecule has 6 heteroatoms. The monoisotopic (exact) mass is 315 g/mol. The van der Waals surface area contributed by atoms with Crippen molar-refractivity contribution >= 4 is 22.8 Å². The second kappa shape index (κ2) is 6.42. The molecule has 1 aromatic carbocycles.